The molecule has 0 aliphatic carbocycles. The van der Waals surface area contributed by atoms with Crippen LogP contribution in [0.15, 0.2) is 40.0 Å². The first-order valence-corrected chi connectivity index (χ1v) is 8.28. The van der Waals surface area contributed by atoms with E-state index in [1.807, 2.05) is 0 Å². The molecule has 0 bridgehead atoms. The minimum Gasteiger partial charge on any atom is -0.492 e. The van der Waals surface area contributed by atoms with Crippen molar-refractivity contribution >= 4 is 41.3 Å². The molecule has 0 spiro atoms. The van der Waals surface area contributed by atoms with Crippen LogP contribution >= 0.6 is 35.3 Å². The molecule has 0 amide bonds. The van der Waals surface area contributed by atoms with Crippen molar-refractivity contribution in [3.8, 4) is 5.75 Å². The fourth-order valence-corrected chi connectivity index (χ4v) is 2.82. The number of rotatable bonds is 6. The Labute approximate surface area is 159 Å². The van der Waals surface area contributed by atoms with E-state index in [0.29, 0.717) is 13.2 Å². The van der Waals surface area contributed by atoms with Gasteiger partial charge >= 0.3 is 0 Å². The minimum absolute atomic E-state index is 0. The summed E-state index contributed by atoms with van der Waals surface area (Å²) >= 11 is 1.70. The molecule has 1 aromatic carbocycles. The number of nitrogens with zero attached hydrogens (tertiary/aromatic N) is 1. The summed E-state index contributed by atoms with van der Waals surface area (Å²) in [6, 6.07) is 8.35. The van der Waals surface area contributed by atoms with E-state index in [0.717, 1.165) is 18.3 Å². The summed E-state index contributed by atoms with van der Waals surface area (Å²) < 4.78 is 5.77. The number of halogens is 1. The van der Waals surface area contributed by atoms with E-state index in [-0.39, 0.29) is 24.0 Å². The lowest BCUT2D eigenvalue weighted by Crippen LogP contribution is -2.38. The molecule has 1 heterocycles. The predicted octanol–water partition coefficient (Wildman–Crippen LogP) is 3.73. The molecule has 1 aromatic heterocycles. The molecule has 0 saturated heterocycles. The Balaban J connectivity index is 0.00000264. The third-order valence-electron chi connectivity index (χ3n) is 3.12. The number of aliphatic imine (C=N–C) groups is 1. The first-order chi connectivity index (χ1) is 10.7. The van der Waals surface area contributed by atoms with Gasteiger partial charge in [-0.15, -0.1) is 24.0 Å². The van der Waals surface area contributed by atoms with Gasteiger partial charge in [-0.1, -0.05) is 6.07 Å². The number of guanidine groups is 1. The van der Waals surface area contributed by atoms with Crippen LogP contribution in [-0.4, -0.2) is 26.2 Å². The van der Waals surface area contributed by atoms with Gasteiger partial charge in [0.2, 0.25) is 0 Å². The van der Waals surface area contributed by atoms with Crippen molar-refractivity contribution in [1.29, 1.82) is 0 Å². The van der Waals surface area contributed by atoms with Crippen LogP contribution in [0.25, 0.3) is 0 Å². The number of aryl methyl sites for hydroxylation is 2. The quantitative estimate of drug-likeness (QED) is 0.308. The molecule has 126 valence electrons. The monoisotopic (exact) mass is 445 g/mol. The Kier molecular flexibility index (Phi) is 9.01. The van der Waals surface area contributed by atoms with E-state index in [9.17, 15) is 0 Å². The second-order valence-electron chi connectivity index (χ2n) is 5.16. The molecule has 4 nitrogen and oxygen atoms in total. The van der Waals surface area contributed by atoms with Gasteiger partial charge < -0.3 is 15.4 Å². The number of hydrogen-bond donors (Lipinski definition) is 2. The van der Waals surface area contributed by atoms with E-state index in [2.05, 4.69) is 64.5 Å². The highest BCUT2D eigenvalue weighted by Gasteiger charge is 2.00. The second-order valence-corrected chi connectivity index (χ2v) is 5.94. The van der Waals surface area contributed by atoms with Crippen molar-refractivity contribution in [2.24, 2.45) is 4.99 Å². The van der Waals surface area contributed by atoms with Crippen LogP contribution in [-0.2, 0) is 6.54 Å². The van der Waals surface area contributed by atoms with Crippen LogP contribution in [0.2, 0.25) is 0 Å². The van der Waals surface area contributed by atoms with Crippen molar-refractivity contribution in [2.45, 2.75) is 20.4 Å². The Hall–Kier alpha value is -1.28. The average molecular weight is 445 g/mol. The molecule has 0 radical (unpaired) electrons. The van der Waals surface area contributed by atoms with Crippen LogP contribution in [0, 0.1) is 13.8 Å². The standard InChI is InChI=1S/C17H23N3OS.HI/c1-13-8-14(2)10-16(9-13)21-6-5-19-17(18-3)20-11-15-4-7-22-12-15;/h4,7-10,12H,5-6,11H2,1-3H3,(H2,18,19,20);1H. The van der Waals surface area contributed by atoms with Crippen LogP contribution in [0.5, 0.6) is 5.75 Å². The molecule has 0 saturated carbocycles. The minimum atomic E-state index is 0. The fraction of sp³-hybridized carbons (Fsp3) is 0.353. The first-order valence-electron chi connectivity index (χ1n) is 7.34. The molecule has 0 unspecified atom stereocenters. The van der Waals surface area contributed by atoms with Gasteiger partial charge in [0, 0.05) is 13.6 Å². The van der Waals surface area contributed by atoms with Gasteiger partial charge in [0.25, 0.3) is 0 Å². The second kappa shape index (κ2) is 10.5. The zero-order valence-electron chi connectivity index (χ0n) is 13.8. The van der Waals surface area contributed by atoms with Gasteiger partial charge in [0.05, 0.1) is 6.54 Å². The normalized spacial score (nSPS) is 10.8. The van der Waals surface area contributed by atoms with Gasteiger partial charge in [-0.2, -0.15) is 11.3 Å². The Bertz CT molecular complexity index is 594. The average Bonchev–Trinajstić information content (AvgIpc) is 2.99. The molecule has 23 heavy (non-hydrogen) atoms. The number of benzene rings is 1. The van der Waals surface area contributed by atoms with Crippen molar-refractivity contribution in [3.05, 3.63) is 51.7 Å². The van der Waals surface area contributed by atoms with Gasteiger partial charge in [-0.3, -0.25) is 4.99 Å². The van der Waals surface area contributed by atoms with E-state index in [1.54, 1.807) is 18.4 Å². The number of ether oxygens (including phenoxy) is 1. The summed E-state index contributed by atoms with van der Waals surface area (Å²) in [6.45, 7) is 6.24. The lowest BCUT2D eigenvalue weighted by atomic mass is 10.1. The molecule has 0 aliphatic heterocycles. The number of hydrogen-bond acceptors (Lipinski definition) is 3. The van der Waals surface area contributed by atoms with Crippen molar-refractivity contribution < 1.29 is 4.74 Å². The summed E-state index contributed by atoms with van der Waals surface area (Å²) in [4.78, 5) is 4.20. The van der Waals surface area contributed by atoms with Gasteiger partial charge in [-0.05, 0) is 59.5 Å². The van der Waals surface area contributed by atoms with E-state index in [4.69, 9.17) is 4.74 Å². The number of thiophene rings is 1. The maximum Gasteiger partial charge on any atom is 0.191 e. The molecule has 2 rings (SSSR count). The van der Waals surface area contributed by atoms with Gasteiger partial charge in [0.1, 0.15) is 12.4 Å². The van der Waals surface area contributed by atoms with Crippen molar-refractivity contribution in [3.63, 3.8) is 0 Å². The zero-order valence-corrected chi connectivity index (χ0v) is 16.9. The van der Waals surface area contributed by atoms with Crippen LogP contribution in [0.4, 0.5) is 0 Å². The summed E-state index contributed by atoms with van der Waals surface area (Å²) in [5.74, 6) is 1.70. The number of nitrogens with one attached hydrogen (secondary N) is 2. The SMILES string of the molecule is CN=C(NCCOc1cc(C)cc(C)c1)NCc1ccsc1.I. The molecule has 0 aliphatic rings. The van der Waals surface area contributed by atoms with E-state index < -0.39 is 0 Å². The summed E-state index contributed by atoms with van der Waals surface area (Å²) in [6.07, 6.45) is 0. The fourth-order valence-electron chi connectivity index (χ4n) is 2.15. The van der Waals surface area contributed by atoms with E-state index in [1.165, 1.54) is 16.7 Å². The molecule has 2 aromatic rings. The smallest absolute Gasteiger partial charge is 0.191 e. The molecule has 2 N–H and O–H groups in total. The van der Waals surface area contributed by atoms with Gasteiger partial charge in [0.15, 0.2) is 5.96 Å². The van der Waals surface area contributed by atoms with Gasteiger partial charge in [-0.25, -0.2) is 0 Å². The highest BCUT2D eigenvalue weighted by Crippen LogP contribution is 2.15. The van der Waals surface area contributed by atoms with Crippen molar-refractivity contribution in [1.82, 2.24) is 10.6 Å². The molecule has 0 atom stereocenters. The molecule has 6 heteroatoms. The van der Waals surface area contributed by atoms with Crippen LogP contribution < -0.4 is 15.4 Å². The molecule has 0 fully saturated rings. The maximum atomic E-state index is 5.77. The lowest BCUT2D eigenvalue weighted by Gasteiger charge is -2.12. The maximum absolute atomic E-state index is 5.77. The molecular formula is C17H24IN3OS. The van der Waals surface area contributed by atoms with Crippen LogP contribution in [0.1, 0.15) is 16.7 Å². The zero-order chi connectivity index (χ0) is 15.8. The lowest BCUT2D eigenvalue weighted by molar-refractivity contribution is 0.321. The summed E-state index contributed by atoms with van der Waals surface area (Å²) in [5.41, 5.74) is 3.70. The molecular weight excluding hydrogens is 421 g/mol. The highest BCUT2D eigenvalue weighted by atomic mass is 127. The highest BCUT2D eigenvalue weighted by molar-refractivity contribution is 14.0. The summed E-state index contributed by atoms with van der Waals surface area (Å²) in [5, 5.41) is 10.7. The Morgan fingerprint density at radius 2 is 1.91 bits per heavy atom. The van der Waals surface area contributed by atoms with Crippen LogP contribution in [0.3, 0.4) is 0 Å². The Morgan fingerprint density at radius 1 is 1.17 bits per heavy atom. The third-order valence-corrected chi connectivity index (χ3v) is 3.85. The topological polar surface area (TPSA) is 45.7 Å². The third kappa shape index (κ3) is 7.22. The predicted molar refractivity (Wildman–Crippen MR) is 109 cm³/mol. The first kappa shape index (κ1) is 19.8. The van der Waals surface area contributed by atoms with E-state index >= 15 is 0 Å². The largest absolute Gasteiger partial charge is 0.492 e. The Morgan fingerprint density at radius 3 is 2.52 bits per heavy atom. The van der Waals surface area contributed by atoms with Crippen molar-refractivity contribution in [2.75, 3.05) is 20.2 Å². The summed E-state index contributed by atoms with van der Waals surface area (Å²) in [7, 11) is 1.77.